The topological polar surface area (TPSA) is 57.7 Å². The first-order chi connectivity index (χ1) is 11.9. The van der Waals surface area contributed by atoms with E-state index in [-0.39, 0.29) is 11.5 Å². The summed E-state index contributed by atoms with van der Waals surface area (Å²) in [7, 11) is 2.46. The molecule has 1 aromatic carbocycles. The van der Waals surface area contributed by atoms with Crippen molar-refractivity contribution in [1.29, 1.82) is 0 Å². The Hall–Kier alpha value is -3.10. The first kappa shape index (κ1) is 18.2. The van der Waals surface area contributed by atoms with Crippen LogP contribution in [0.1, 0.15) is 5.56 Å². The zero-order chi connectivity index (χ0) is 18.6. The minimum absolute atomic E-state index is 0.00319. The predicted octanol–water partition coefficient (Wildman–Crippen LogP) is 3.63. The molecule has 1 aromatic heterocycles. The van der Waals surface area contributed by atoms with Crippen molar-refractivity contribution in [3.05, 3.63) is 53.4 Å². The fraction of sp³-hybridized carbons (Fsp3) is 0.125. The van der Waals surface area contributed by atoms with Gasteiger partial charge in [0.15, 0.2) is 11.5 Å². The number of ether oxygens (including phenoxy) is 3. The molecule has 25 heavy (non-hydrogen) atoms. The van der Waals surface area contributed by atoms with Crippen molar-refractivity contribution in [3.63, 3.8) is 0 Å². The van der Waals surface area contributed by atoms with E-state index >= 15 is 0 Å². The Bertz CT molecular complexity index is 813. The highest BCUT2D eigenvalue weighted by Gasteiger charge is 2.23. The van der Waals surface area contributed by atoms with Crippen LogP contribution in [0.5, 0.6) is 17.2 Å². The first-order valence-corrected chi connectivity index (χ1v) is 6.69. The van der Waals surface area contributed by atoms with Crippen LogP contribution in [0.3, 0.4) is 0 Å². The molecule has 0 saturated carbocycles. The molecule has 0 spiro atoms. The number of methoxy groups -OCH3 is 2. The van der Waals surface area contributed by atoms with E-state index in [0.717, 1.165) is 6.08 Å². The number of esters is 1. The summed E-state index contributed by atoms with van der Waals surface area (Å²) < 4.78 is 67.8. The van der Waals surface area contributed by atoms with Crippen LogP contribution in [0.2, 0.25) is 0 Å². The van der Waals surface area contributed by atoms with E-state index in [2.05, 4.69) is 9.72 Å². The van der Waals surface area contributed by atoms with Gasteiger partial charge in [-0.05, 0) is 23.8 Å². The molecule has 0 fully saturated rings. The maximum Gasteiger partial charge on any atom is 0.330 e. The van der Waals surface area contributed by atoms with Gasteiger partial charge in [0.25, 0.3) is 11.9 Å². The van der Waals surface area contributed by atoms with Gasteiger partial charge in [0.2, 0.25) is 17.4 Å². The molecule has 0 amide bonds. The number of carbonyl (C=O) groups is 1. The van der Waals surface area contributed by atoms with Crippen LogP contribution in [-0.4, -0.2) is 25.2 Å². The predicted molar refractivity (Wildman–Crippen MR) is 78.2 cm³/mol. The lowest BCUT2D eigenvalue weighted by Crippen LogP contribution is -2.03. The number of nitrogens with zero attached hydrogens (tertiary/aromatic N) is 1. The molecule has 1 heterocycles. The van der Waals surface area contributed by atoms with Crippen LogP contribution in [0, 0.1) is 23.5 Å². The Labute approximate surface area is 139 Å². The minimum atomic E-state index is -1.84. The average Bonchev–Trinajstić information content (AvgIpc) is 2.61. The zero-order valence-electron chi connectivity index (χ0n) is 13.0. The summed E-state index contributed by atoms with van der Waals surface area (Å²) in [6.07, 6.45) is 2.54. The molecule has 0 aliphatic heterocycles. The minimum Gasteiger partial charge on any atom is -0.493 e. The van der Waals surface area contributed by atoms with Crippen LogP contribution in [0.25, 0.3) is 6.08 Å². The second kappa shape index (κ2) is 7.65. The van der Waals surface area contributed by atoms with E-state index in [9.17, 15) is 22.4 Å². The van der Waals surface area contributed by atoms with E-state index in [1.807, 2.05) is 0 Å². The highest BCUT2D eigenvalue weighted by molar-refractivity contribution is 5.87. The Kier molecular flexibility index (Phi) is 5.58. The van der Waals surface area contributed by atoms with Gasteiger partial charge in [0.1, 0.15) is 0 Å². The van der Waals surface area contributed by atoms with Crippen molar-refractivity contribution in [2.45, 2.75) is 0 Å². The van der Waals surface area contributed by atoms with Gasteiger partial charge in [-0.25, -0.2) is 4.79 Å². The number of hydrogen-bond donors (Lipinski definition) is 0. The van der Waals surface area contributed by atoms with E-state index in [0.29, 0.717) is 5.56 Å². The van der Waals surface area contributed by atoms with Crippen LogP contribution in [0.15, 0.2) is 24.3 Å². The first-order valence-electron chi connectivity index (χ1n) is 6.69. The molecule has 0 radical (unpaired) electrons. The van der Waals surface area contributed by atoms with Crippen molar-refractivity contribution in [2.75, 3.05) is 14.2 Å². The summed E-state index contributed by atoms with van der Waals surface area (Å²) in [4.78, 5) is 13.5. The maximum absolute atomic E-state index is 13.6. The zero-order valence-corrected chi connectivity index (χ0v) is 13.0. The van der Waals surface area contributed by atoms with Crippen molar-refractivity contribution < 1.29 is 36.6 Å². The molecule has 2 rings (SSSR count). The Morgan fingerprint density at radius 3 is 2.24 bits per heavy atom. The van der Waals surface area contributed by atoms with Crippen molar-refractivity contribution >= 4 is 12.0 Å². The van der Waals surface area contributed by atoms with E-state index in [4.69, 9.17) is 9.47 Å². The number of pyridine rings is 1. The number of halogens is 4. The lowest BCUT2D eigenvalue weighted by atomic mass is 10.2. The fourth-order valence-corrected chi connectivity index (χ4v) is 1.77. The second-order valence-corrected chi connectivity index (χ2v) is 4.52. The largest absolute Gasteiger partial charge is 0.493 e. The molecule has 0 bridgehead atoms. The summed E-state index contributed by atoms with van der Waals surface area (Å²) in [6.45, 7) is 0. The summed E-state index contributed by atoms with van der Waals surface area (Å²) in [5.74, 6) is -9.33. The quantitative estimate of drug-likeness (QED) is 0.354. The number of carbonyl (C=O) groups excluding carboxylic acids is 1. The van der Waals surface area contributed by atoms with Gasteiger partial charge in [-0.3, -0.25) is 0 Å². The number of hydrogen-bond acceptors (Lipinski definition) is 5. The highest BCUT2D eigenvalue weighted by Crippen LogP contribution is 2.35. The van der Waals surface area contributed by atoms with Crippen LogP contribution >= 0.6 is 0 Å². The fourth-order valence-electron chi connectivity index (χ4n) is 1.77. The molecule has 0 saturated heterocycles. The molecule has 0 atom stereocenters. The lowest BCUT2D eigenvalue weighted by molar-refractivity contribution is -0.134. The van der Waals surface area contributed by atoms with Crippen LogP contribution < -0.4 is 9.47 Å². The summed E-state index contributed by atoms with van der Waals surface area (Å²) in [6, 6.07) is 4.03. The van der Waals surface area contributed by atoms with Gasteiger partial charge < -0.3 is 14.2 Å². The standard InChI is InChI=1S/C16H11F4NO4/c1-23-10-7-8(4-6-11(22)24-2)3-5-9(10)25-14-12(17)15(19)21-16(20)13(14)18/h3-7H,1-2H3/b6-4+. The number of aromatic nitrogens is 1. The molecule has 132 valence electrons. The van der Waals surface area contributed by atoms with Gasteiger partial charge in [-0.2, -0.15) is 22.5 Å². The SMILES string of the molecule is COC(=O)/C=C/c1ccc(Oc2c(F)c(F)nc(F)c2F)c(OC)c1. The summed E-state index contributed by atoms with van der Waals surface area (Å²) in [5, 5.41) is 0. The Balaban J connectivity index is 2.38. The maximum atomic E-state index is 13.6. The van der Waals surface area contributed by atoms with Gasteiger partial charge in [0.05, 0.1) is 14.2 Å². The molecule has 0 aliphatic rings. The van der Waals surface area contributed by atoms with Crippen LogP contribution in [-0.2, 0) is 9.53 Å². The number of benzene rings is 1. The molecule has 2 aromatic rings. The third-order valence-corrected chi connectivity index (χ3v) is 2.97. The monoisotopic (exact) mass is 357 g/mol. The molecule has 0 unspecified atom stereocenters. The molecule has 5 nitrogen and oxygen atoms in total. The normalized spacial score (nSPS) is 10.8. The molecule has 9 heteroatoms. The lowest BCUT2D eigenvalue weighted by Gasteiger charge is -2.12. The van der Waals surface area contributed by atoms with Gasteiger partial charge in [-0.15, -0.1) is 0 Å². The summed E-state index contributed by atoms with van der Waals surface area (Å²) >= 11 is 0. The number of rotatable bonds is 5. The second-order valence-electron chi connectivity index (χ2n) is 4.52. The third kappa shape index (κ3) is 4.06. The summed E-state index contributed by atoms with van der Waals surface area (Å²) in [5.41, 5.74) is 0.475. The van der Waals surface area contributed by atoms with Crippen molar-refractivity contribution in [1.82, 2.24) is 4.98 Å². The Morgan fingerprint density at radius 2 is 1.68 bits per heavy atom. The van der Waals surface area contributed by atoms with Crippen molar-refractivity contribution in [2.24, 2.45) is 0 Å². The van der Waals surface area contributed by atoms with Gasteiger partial charge >= 0.3 is 5.97 Å². The van der Waals surface area contributed by atoms with Gasteiger partial charge in [-0.1, -0.05) is 6.07 Å². The Morgan fingerprint density at radius 1 is 1.04 bits per heavy atom. The molecule has 0 aliphatic carbocycles. The van der Waals surface area contributed by atoms with Crippen LogP contribution in [0.4, 0.5) is 17.6 Å². The molecule has 0 N–H and O–H groups in total. The van der Waals surface area contributed by atoms with E-state index in [1.165, 1.54) is 38.5 Å². The highest BCUT2D eigenvalue weighted by atomic mass is 19.2. The van der Waals surface area contributed by atoms with E-state index in [1.54, 1.807) is 0 Å². The van der Waals surface area contributed by atoms with Gasteiger partial charge in [0, 0.05) is 6.08 Å². The smallest absolute Gasteiger partial charge is 0.330 e. The van der Waals surface area contributed by atoms with E-state index < -0.39 is 35.2 Å². The molecular weight excluding hydrogens is 346 g/mol. The third-order valence-electron chi connectivity index (χ3n) is 2.97. The van der Waals surface area contributed by atoms with Crippen molar-refractivity contribution in [3.8, 4) is 17.2 Å². The molecular formula is C16H11F4NO4. The average molecular weight is 357 g/mol.